The first kappa shape index (κ1) is 17.1. The van der Waals surface area contributed by atoms with Crippen molar-refractivity contribution in [1.82, 2.24) is 19.9 Å². The lowest BCUT2D eigenvalue weighted by Gasteiger charge is -2.20. The van der Waals surface area contributed by atoms with Crippen LogP contribution in [0.1, 0.15) is 17.5 Å². The van der Waals surface area contributed by atoms with Crippen LogP contribution >= 0.6 is 0 Å². The van der Waals surface area contributed by atoms with E-state index < -0.39 is 0 Å². The quantitative estimate of drug-likeness (QED) is 0.775. The fourth-order valence-corrected chi connectivity index (χ4v) is 3.23. The van der Waals surface area contributed by atoms with Crippen LogP contribution in [-0.2, 0) is 13.0 Å². The Balaban J connectivity index is 1.46. The number of nitrogens with one attached hydrogen (secondary N) is 1. The minimum Gasteiger partial charge on any atom is -0.497 e. The number of para-hydroxylation sites is 1. The number of carbonyl (C=O) groups excluding carboxylic acids is 1. The molecule has 2 heterocycles. The fourth-order valence-electron chi connectivity index (χ4n) is 3.23. The molecule has 0 fully saturated rings. The third-order valence-corrected chi connectivity index (χ3v) is 4.65. The van der Waals surface area contributed by atoms with Gasteiger partial charge in [0.05, 0.1) is 19.0 Å². The number of fused-ring (bicyclic) bond motifs is 1. The molecular formula is C20H21N5O2. The van der Waals surface area contributed by atoms with Gasteiger partial charge in [-0.05, 0) is 48.2 Å². The predicted molar refractivity (Wildman–Crippen MR) is 102 cm³/mol. The van der Waals surface area contributed by atoms with Gasteiger partial charge >= 0.3 is 6.03 Å². The minimum absolute atomic E-state index is 0.168. The number of methoxy groups -OCH3 is 1. The highest BCUT2D eigenvalue weighted by molar-refractivity contribution is 5.88. The van der Waals surface area contributed by atoms with Gasteiger partial charge in [0.15, 0.2) is 5.82 Å². The van der Waals surface area contributed by atoms with E-state index in [1.165, 1.54) is 10.4 Å². The second kappa shape index (κ2) is 7.49. The van der Waals surface area contributed by atoms with Gasteiger partial charge in [-0.1, -0.05) is 24.3 Å². The topological polar surface area (TPSA) is 72.3 Å². The van der Waals surface area contributed by atoms with Crippen LogP contribution < -0.4 is 10.1 Å². The predicted octanol–water partition coefficient (Wildman–Crippen LogP) is 3.26. The van der Waals surface area contributed by atoms with Crippen molar-refractivity contribution >= 4 is 11.8 Å². The van der Waals surface area contributed by atoms with Crippen molar-refractivity contribution in [2.45, 2.75) is 19.4 Å². The molecule has 0 atom stereocenters. The zero-order valence-corrected chi connectivity index (χ0v) is 15.1. The van der Waals surface area contributed by atoms with Gasteiger partial charge in [-0.2, -0.15) is 5.10 Å². The summed E-state index contributed by atoms with van der Waals surface area (Å²) in [4.78, 5) is 16.0. The Morgan fingerprint density at radius 1 is 1.15 bits per heavy atom. The number of carbonyl (C=O) groups is 1. The molecule has 1 N–H and O–H groups in total. The molecule has 0 saturated carbocycles. The number of rotatable bonds is 3. The monoisotopic (exact) mass is 363 g/mol. The first-order valence-corrected chi connectivity index (χ1v) is 8.92. The summed E-state index contributed by atoms with van der Waals surface area (Å²) in [6, 6.07) is 15.4. The summed E-state index contributed by atoms with van der Waals surface area (Å²) in [6.07, 6.45) is 3.40. The zero-order valence-electron chi connectivity index (χ0n) is 15.1. The Labute approximate surface area is 157 Å². The molecule has 0 radical (unpaired) electrons. The smallest absolute Gasteiger partial charge is 0.323 e. The number of urea groups is 1. The molecule has 0 aliphatic carbocycles. The average molecular weight is 363 g/mol. The van der Waals surface area contributed by atoms with Crippen molar-refractivity contribution in [1.29, 1.82) is 0 Å². The fraction of sp³-hybridized carbons (Fsp3) is 0.250. The van der Waals surface area contributed by atoms with Crippen LogP contribution in [0, 0.1) is 0 Å². The van der Waals surface area contributed by atoms with Crippen LogP contribution in [0.4, 0.5) is 10.6 Å². The molecule has 4 rings (SSSR count). The Kier molecular flexibility index (Phi) is 4.74. The van der Waals surface area contributed by atoms with Gasteiger partial charge in [-0.25, -0.2) is 4.79 Å². The SMILES string of the molecule is COc1ccc2c(c1)CCCN(C(=O)Nc1cnn(-c3ccccc3)n1)C2. The maximum atomic E-state index is 12.7. The van der Waals surface area contributed by atoms with Crippen LogP contribution in [-0.4, -0.2) is 39.6 Å². The number of nitrogens with zero attached hydrogens (tertiary/aromatic N) is 4. The van der Waals surface area contributed by atoms with E-state index in [4.69, 9.17) is 4.74 Å². The van der Waals surface area contributed by atoms with Crippen LogP contribution in [0.15, 0.2) is 54.7 Å². The largest absolute Gasteiger partial charge is 0.497 e. The van der Waals surface area contributed by atoms with Crippen molar-refractivity contribution in [3.63, 3.8) is 0 Å². The van der Waals surface area contributed by atoms with E-state index in [0.717, 1.165) is 29.8 Å². The van der Waals surface area contributed by atoms with Crippen LogP contribution in [0.25, 0.3) is 5.69 Å². The molecule has 2 aromatic carbocycles. The number of ether oxygens (including phenoxy) is 1. The average Bonchev–Trinajstić information content (AvgIpc) is 3.06. The van der Waals surface area contributed by atoms with E-state index in [0.29, 0.717) is 18.9 Å². The highest BCUT2D eigenvalue weighted by Crippen LogP contribution is 2.24. The van der Waals surface area contributed by atoms with Gasteiger partial charge in [-0.15, -0.1) is 9.90 Å². The Morgan fingerprint density at radius 2 is 2.00 bits per heavy atom. The molecule has 7 nitrogen and oxygen atoms in total. The summed E-state index contributed by atoms with van der Waals surface area (Å²) in [5, 5.41) is 11.4. The van der Waals surface area contributed by atoms with Crippen molar-refractivity contribution in [2.24, 2.45) is 0 Å². The third-order valence-electron chi connectivity index (χ3n) is 4.65. The highest BCUT2D eigenvalue weighted by Gasteiger charge is 2.20. The number of anilines is 1. The normalized spacial score (nSPS) is 13.6. The molecule has 0 bridgehead atoms. The molecule has 1 aromatic heterocycles. The van der Waals surface area contributed by atoms with Crippen molar-refractivity contribution in [3.05, 3.63) is 65.9 Å². The number of amides is 2. The first-order chi connectivity index (χ1) is 13.2. The molecule has 0 unspecified atom stereocenters. The lowest BCUT2D eigenvalue weighted by atomic mass is 10.0. The zero-order chi connectivity index (χ0) is 18.6. The van der Waals surface area contributed by atoms with Gasteiger partial charge in [0.2, 0.25) is 0 Å². The van der Waals surface area contributed by atoms with Crippen LogP contribution in [0.5, 0.6) is 5.75 Å². The van der Waals surface area contributed by atoms with Gasteiger partial charge in [-0.3, -0.25) is 5.32 Å². The van der Waals surface area contributed by atoms with Crippen molar-refractivity contribution in [2.75, 3.05) is 19.0 Å². The molecule has 1 aliphatic heterocycles. The first-order valence-electron chi connectivity index (χ1n) is 8.92. The maximum absolute atomic E-state index is 12.7. The van der Waals surface area contributed by atoms with E-state index >= 15 is 0 Å². The van der Waals surface area contributed by atoms with Crippen molar-refractivity contribution < 1.29 is 9.53 Å². The van der Waals surface area contributed by atoms with Gasteiger partial charge in [0.25, 0.3) is 0 Å². The molecule has 2 amide bonds. The number of hydrogen-bond donors (Lipinski definition) is 1. The molecule has 7 heteroatoms. The molecule has 138 valence electrons. The number of benzene rings is 2. The Hall–Kier alpha value is -3.35. The summed E-state index contributed by atoms with van der Waals surface area (Å²) >= 11 is 0. The molecule has 0 saturated heterocycles. The van der Waals surface area contributed by atoms with E-state index in [2.05, 4.69) is 21.6 Å². The lowest BCUT2D eigenvalue weighted by Crippen LogP contribution is -2.34. The Morgan fingerprint density at radius 3 is 2.81 bits per heavy atom. The summed E-state index contributed by atoms with van der Waals surface area (Å²) in [6.45, 7) is 1.26. The second-order valence-corrected chi connectivity index (χ2v) is 6.44. The van der Waals surface area contributed by atoms with Crippen LogP contribution in [0.3, 0.4) is 0 Å². The molecule has 1 aliphatic rings. The van der Waals surface area contributed by atoms with E-state index in [-0.39, 0.29) is 6.03 Å². The molecule has 0 spiro atoms. The maximum Gasteiger partial charge on any atom is 0.323 e. The minimum atomic E-state index is -0.168. The lowest BCUT2D eigenvalue weighted by molar-refractivity contribution is 0.210. The highest BCUT2D eigenvalue weighted by atomic mass is 16.5. The summed E-state index contributed by atoms with van der Waals surface area (Å²) in [5.41, 5.74) is 3.23. The summed E-state index contributed by atoms with van der Waals surface area (Å²) < 4.78 is 5.30. The third kappa shape index (κ3) is 3.76. The molecule has 3 aromatic rings. The van der Waals surface area contributed by atoms with Gasteiger partial charge in [0.1, 0.15) is 5.75 Å². The Bertz CT molecular complexity index is 939. The molecule has 27 heavy (non-hydrogen) atoms. The standard InChI is InChI=1S/C20H21N5O2/c1-27-18-10-9-16-14-24(11-5-6-15(16)12-18)20(26)22-19-13-21-25(23-19)17-7-3-2-4-8-17/h2-4,7-10,12-13H,5-6,11,14H2,1H3,(H,22,23,26). The van der Waals surface area contributed by atoms with E-state index in [9.17, 15) is 4.79 Å². The van der Waals surface area contributed by atoms with Gasteiger partial charge < -0.3 is 9.64 Å². The van der Waals surface area contributed by atoms with E-state index in [1.54, 1.807) is 18.2 Å². The van der Waals surface area contributed by atoms with E-state index in [1.807, 2.05) is 42.5 Å². The summed E-state index contributed by atoms with van der Waals surface area (Å²) in [7, 11) is 1.67. The summed E-state index contributed by atoms with van der Waals surface area (Å²) in [5.74, 6) is 1.28. The second-order valence-electron chi connectivity index (χ2n) is 6.44. The van der Waals surface area contributed by atoms with Crippen molar-refractivity contribution in [3.8, 4) is 11.4 Å². The van der Waals surface area contributed by atoms with Gasteiger partial charge in [0, 0.05) is 13.1 Å². The number of aromatic nitrogens is 3. The van der Waals surface area contributed by atoms with Crippen LogP contribution in [0.2, 0.25) is 0 Å². The molecular weight excluding hydrogens is 342 g/mol. The number of aryl methyl sites for hydroxylation is 1. The number of hydrogen-bond acceptors (Lipinski definition) is 4.